The fraction of sp³-hybridized carbons (Fsp3) is 0.429. The lowest BCUT2D eigenvalue weighted by Crippen LogP contribution is -1.96. The summed E-state index contributed by atoms with van der Waals surface area (Å²) in [5, 5.41) is 0. The van der Waals surface area contributed by atoms with Crippen molar-refractivity contribution in [1.82, 2.24) is 0 Å². The van der Waals surface area contributed by atoms with Crippen LogP contribution in [0.4, 0.5) is 0 Å². The first-order chi connectivity index (χ1) is 4.04. The molecule has 0 unspecified atom stereocenters. The van der Waals surface area contributed by atoms with Crippen LogP contribution in [0.5, 0.6) is 0 Å². The molecule has 0 aromatic heterocycles. The molecule has 0 saturated carbocycles. The average molecular weight is 126 g/mol. The van der Waals surface area contributed by atoms with Gasteiger partial charge >= 0.3 is 0 Å². The van der Waals surface area contributed by atoms with Crippen LogP contribution < -0.4 is 11.5 Å². The minimum atomic E-state index is 0.789. The lowest BCUT2D eigenvalue weighted by Gasteiger charge is -1.95. The SMILES string of the molecule is C/C(N)=C/C(C)=C(\C)N. The predicted octanol–water partition coefficient (Wildman–Crippen LogP) is 1.10. The van der Waals surface area contributed by atoms with Gasteiger partial charge in [0, 0.05) is 11.4 Å². The Kier molecular flexibility index (Phi) is 2.85. The summed E-state index contributed by atoms with van der Waals surface area (Å²) in [6.07, 6.45) is 1.86. The summed E-state index contributed by atoms with van der Waals surface area (Å²) in [7, 11) is 0. The third-order valence-corrected chi connectivity index (χ3v) is 1.07. The van der Waals surface area contributed by atoms with Gasteiger partial charge in [-0.3, -0.25) is 0 Å². The zero-order valence-electron chi connectivity index (χ0n) is 6.23. The summed E-state index contributed by atoms with van der Waals surface area (Å²) in [4.78, 5) is 0. The number of nitrogens with two attached hydrogens (primary N) is 2. The van der Waals surface area contributed by atoms with Crippen molar-refractivity contribution in [3.63, 3.8) is 0 Å². The Morgan fingerprint density at radius 1 is 1.11 bits per heavy atom. The number of hydrogen-bond acceptors (Lipinski definition) is 2. The largest absolute Gasteiger partial charge is 0.402 e. The van der Waals surface area contributed by atoms with Gasteiger partial charge in [-0.05, 0) is 32.4 Å². The minimum Gasteiger partial charge on any atom is -0.402 e. The molecule has 0 aromatic rings. The molecule has 9 heavy (non-hydrogen) atoms. The van der Waals surface area contributed by atoms with Gasteiger partial charge in [0.25, 0.3) is 0 Å². The van der Waals surface area contributed by atoms with Crippen LogP contribution in [-0.2, 0) is 0 Å². The van der Waals surface area contributed by atoms with Gasteiger partial charge in [-0.2, -0.15) is 0 Å². The number of hydrogen-bond donors (Lipinski definition) is 2. The molecule has 0 radical (unpaired) electrons. The normalized spacial score (nSPS) is 15.2. The van der Waals surface area contributed by atoms with E-state index >= 15 is 0 Å². The number of allylic oxidation sites excluding steroid dienone is 4. The quantitative estimate of drug-likeness (QED) is 0.517. The van der Waals surface area contributed by atoms with E-state index in [-0.39, 0.29) is 0 Å². The van der Waals surface area contributed by atoms with E-state index in [4.69, 9.17) is 11.5 Å². The van der Waals surface area contributed by atoms with Gasteiger partial charge in [-0.25, -0.2) is 0 Å². The molecule has 0 rings (SSSR count). The zero-order chi connectivity index (χ0) is 7.44. The highest BCUT2D eigenvalue weighted by molar-refractivity contribution is 5.22. The first kappa shape index (κ1) is 8.08. The van der Waals surface area contributed by atoms with Gasteiger partial charge in [0.1, 0.15) is 0 Å². The van der Waals surface area contributed by atoms with Crippen molar-refractivity contribution in [1.29, 1.82) is 0 Å². The third-order valence-electron chi connectivity index (χ3n) is 1.07. The van der Waals surface area contributed by atoms with E-state index in [2.05, 4.69) is 0 Å². The molecule has 0 saturated heterocycles. The highest BCUT2D eigenvalue weighted by Crippen LogP contribution is 1.99. The molecule has 0 bridgehead atoms. The van der Waals surface area contributed by atoms with Gasteiger partial charge in [0.05, 0.1) is 0 Å². The Hall–Kier alpha value is -0.920. The highest BCUT2D eigenvalue weighted by Gasteiger charge is 1.85. The molecule has 0 aliphatic carbocycles. The Morgan fingerprint density at radius 3 is 1.67 bits per heavy atom. The summed E-state index contributed by atoms with van der Waals surface area (Å²) in [5.74, 6) is 0. The van der Waals surface area contributed by atoms with Gasteiger partial charge in [-0.15, -0.1) is 0 Å². The first-order valence-electron chi connectivity index (χ1n) is 2.90. The summed E-state index contributed by atoms with van der Waals surface area (Å²) in [5.41, 5.74) is 13.5. The number of rotatable bonds is 1. The summed E-state index contributed by atoms with van der Waals surface area (Å²) in [6.45, 7) is 5.63. The Morgan fingerprint density at radius 2 is 1.56 bits per heavy atom. The molecule has 2 nitrogen and oxygen atoms in total. The summed E-state index contributed by atoms with van der Waals surface area (Å²) < 4.78 is 0. The smallest absolute Gasteiger partial charge is 0.00792 e. The van der Waals surface area contributed by atoms with Crippen LogP contribution in [0, 0.1) is 0 Å². The van der Waals surface area contributed by atoms with Crippen LogP contribution in [0.15, 0.2) is 23.0 Å². The second kappa shape index (κ2) is 3.17. The molecule has 0 atom stereocenters. The zero-order valence-corrected chi connectivity index (χ0v) is 6.23. The molecule has 0 amide bonds. The molecule has 0 aromatic carbocycles. The lowest BCUT2D eigenvalue weighted by atomic mass is 10.2. The minimum absolute atomic E-state index is 0.789. The van der Waals surface area contributed by atoms with Crippen molar-refractivity contribution < 1.29 is 0 Å². The Balaban J connectivity index is 4.25. The third kappa shape index (κ3) is 3.64. The molecular weight excluding hydrogens is 112 g/mol. The van der Waals surface area contributed by atoms with E-state index in [9.17, 15) is 0 Å². The fourth-order valence-corrected chi connectivity index (χ4v) is 0.455. The average Bonchev–Trinajstić information content (AvgIpc) is 1.63. The fourth-order valence-electron chi connectivity index (χ4n) is 0.455. The summed E-state index contributed by atoms with van der Waals surface area (Å²) in [6, 6.07) is 0. The molecular formula is C7H14N2. The lowest BCUT2D eigenvalue weighted by molar-refractivity contribution is 1.21. The van der Waals surface area contributed by atoms with Gasteiger partial charge in [0.2, 0.25) is 0 Å². The molecule has 4 N–H and O–H groups in total. The first-order valence-corrected chi connectivity index (χ1v) is 2.90. The van der Waals surface area contributed by atoms with E-state index in [0.717, 1.165) is 17.0 Å². The maximum Gasteiger partial charge on any atom is 0.00792 e. The molecule has 52 valence electrons. The van der Waals surface area contributed by atoms with Crippen LogP contribution in [0.3, 0.4) is 0 Å². The van der Waals surface area contributed by atoms with Crippen molar-refractivity contribution in [3.8, 4) is 0 Å². The van der Waals surface area contributed by atoms with E-state index in [1.54, 1.807) is 0 Å². The molecule has 0 aliphatic heterocycles. The van der Waals surface area contributed by atoms with Crippen molar-refractivity contribution >= 4 is 0 Å². The van der Waals surface area contributed by atoms with Crippen LogP contribution in [0.2, 0.25) is 0 Å². The van der Waals surface area contributed by atoms with Gasteiger partial charge in [-0.1, -0.05) is 0 Å². The summed E-state index contributed by atoms with van der Waals surface area (Å²) >= 11 is 0. The molecule has 0 spiro atoms. The maximum atomic E-state index is 5.46. The predicted molar refractivity (Wildman–Crippen MR) is 40.5 cm³/mol. The van der Waals surface area contributed by atoms with Crippen LogP contribution in [0.25, 0.3) is 0 Å². The van der Waals surface area contributed by atoms with E-state index in [1.165, 1.54) is 0 Å². The van der Waals surface area contributed by atoms with Crippen molar-refractivity contribution in [2.75, 3.05) is 0 Å². The van der Waals surface area contributed by atoms with Crippen molar-refractivity contribution in [2.45, 2.75) is 20.8 Å². The van der Waals surface area contributed by atoms with E-state index in [1.807, 2.05) is 26.8 Å². The van der Waals surface area contributed by atoms with E-state index < -0.39 is 0 Å². The van der Waals surface area contributed by atoms with Crippen LogP contribution in [0.1, 0.15) is 20.8 Å². The molecule has 0 aliphatic rings. The molecule has 0 heterocycles. The monoisotopic (exact) mass is 126 g/mol. The molecule has 0 fully saturated rings. The van der Waals surface area contributed by atoms with Gasteiger partial charge in [0.15, 0.2) is 0 Å². The van der Waals surface area contributed by atoms with Gasteiger partial charge < -0.3 is 11.5 Å². The topological polar surface area (TPSA) is 52.0 Å². The highest BCUT2D eigenvalue weighted by atomic mass is 14.6. The van der Waals surface area contributed by atoms with Crippen LogP contribution in [-0.4, -0.2) is 0 Å². The molecule has 2 heteroatoms. The second-order valence-electron chi connectivity index (χ2n) is 2.25. The maximum absolute atomic E-state index is 5.46. The Bertz CT molecular complexity index is 146. The second-order valence-corrected chi connectivity index (χ2v) is 2.25. The van der Waals surface area contributed by atoms with Crippen LogP contribution >= 0.6 is 0 Å². The standard InChI is InChI=1S/C7H14N2/c1-5(7(3)9)4-6(2)8/h4H,8-9H2,1-3H3/b6-4-,7-5+. The van der Waals surface area contributed by atoms with Crippen molar-refractivity contribution in [3.05, 3.63) is 23.0 Å². The van der Waals surface area contributed by atoms with E-state index in [0.29, 0.717) is 0 Å². The Labute approximate surface area is 56.2 Å². The van der Waals surface area contributed by atoms with Crippen molar-refractivity contribution in [2.24, 2.45) is 11.5 Å².